The summed E-state index contributed by atoms with van der Waals surface area (Å²) in [7, 11) is 1.65. The highest BCUT2D eigenvalue weighted by atomic mass is 16.5. The number of aromatic nitrogens is 2. The van der Waals surface area contributed by atoms with Gasteiger partial charge in [-0.25, -0.2) is 4.68 Å². The molecule has 0 aliphatic rings. The average molecular weight is 279 g/mol. The zero-order valence-electron chi connectivity index (χ0n) is 12.1. The van der Waals surface area contributed by atoms with Gasteiger partial charge in [-0.15, -0.1) is 0 Å². The molecule has 1 heterocycles. The van der Waals surface area contributed by atoms with Crippen LogP contribution in [0.1, 0.15) is 5.56 Å². The Morgan fingerprint density at radius 3 is 2.43 bits per heavy atom. The minimum atomic E-state index is 0.610. The molecule has 4 heteroatoms. The van der Waals surface area contributed by atoms with Crippen LogP contribution in [0.15, 0.2) is 54.6 Å². The van der Waals surface area contributed by atoms with Crippen LogP contribution in [-0.2, 0) is 0 Å². The maximum Gasteiger partial charge on any atom is 0.127 e. The van der Waals surface area contributed by atoms with Gasteiger partial charge in [0.05, 0.1) is 18.5 Å². The van der Waals surface area contributed by atoms with E-state index >= 15 is 0 Å². The van der Waals surface area contributed by atoms with Crippen molar-refractivity contribution in [2.24, 2.45) is 0 Å². The first-order valence-corrected chi connectivity index (χ1v) is 6.75. The van der Waals surface area contributed by atoms with Crippen LogP contribution in [0.25, 0.3) is 16.9 Å². The number of anilines is 1. The normalized spacial score (nSPS) is 10.6. The summed E-state index contributed by atoms with van der Waals surface area (Å²) in [5.74, 6) is 1.42. The SMILES string of the molecule is COc1ccc(-n2nc(-c3ccccc3C)cc2N)cc1. The fourth-order valence-corrected chi connectivity index (χ4v) is 2.32. The van der Waals surface area contributed by atoms with E-state index in [9.17, 15) is 0 Å². The van der Waals surface area contributed by atoms with Crippen molar-refractivity contribution < 1.29 is 4.74 Å². The summed E-state index contributed by atoms with van der Waals surface area (Å²) in [6, 6.07) is 17.7. The predicted molar refractivity (Wildman–Crippen MR) is 84.7 cm³/mol. The second-order valence-corrected chi connectivity index (χ2v) is 4.88. The number of rotatable bonds is 3. The van der Waals surface area contributed by atoms with Crippen molar-refractivity contribution in [2.45, 2.75) is 6.92 Å². The van der Waals surface area contributed by atoms with E-state index in [1.807, 2.05) is 42.5 Å². The number of nitrogens with zero attached hydrogens (tertiary/aromatic N) is 2. The van der Waals surface area contributed by atoms with Crippen LogP contribution in [0.3, 0.4) is 0 Å². The lowest BCUT2D eigenvalue weighted by Gasteiger charge is -2.05. The number of aryl methyl sites for hydroxylation is 1. The summed E-state index contributed by atoms with van der Waals surface area (Å²) in [6.45, 7) is 2.07. The zero-order valence-corrected chi connectivity index (χ0v) is 12.1. The van der Waals surface area contributed by atoms with Crippen LogP contribution in [0.5, 0.6) is 5.75 Å². The Hall–Kier alpha value is -2.75. The maximum atomic E-state index is 6.10. The Labute approximate surface area is 123 Å². The van der Waals surface area contributed by atoms with Gasteiger partial charge in [0.25, 0.3) is 0 Å². The molecule has 106 valence electrons. The minimum absolute atomic E-state index is 0.610. The smallest absolute Gasteiger partial charge is 0.127 e. The van der Waals surface area contributed by atoms with Crippen LogP contribution in [0.4, 0.5) is 5.82 Å². The fraction of sp³-hybridized carbons (Fsp3) is 0.118. The van der Waals surface area contributed by atoms with Gasteiger partial charge in [0.15, 0.2) is 0 Å². The number of hydrogen-bond donors (Lipinski definition) is 1. The first kappa shape index (κ1) is 13.2. The number of methoxy groups -OCH3 is 1. The molecule has 3 rings (SSSR count). The third-order valence-corrected chi connectivity index (χ3v) is 3.47. The minimum Gasteiger partial charge on any atom is -0.497 e. The van der Waals surface area contributed by atoms with Gasteiger partial charge in [-0.1, -0.05) is 24.3 Å². The van der Waals surface area contributed by atoms with Crippen molar-refractivity contribution in [3.63, 3.8) is 0 Å². The van der Waals surface area contributed by atoms with E-state index in [0.29, 0.717) is 5.82 Å². The molecular formula is C17H17N3O. The molecule has 0 amide bonds. The molecule has 1 aromatic heterocycles. The molecule has 0 radical (unpaired) electrons. The van der Waals surface area contributed by atoms with Gasteiger partial charge in [-0.3, -0.25) is 0 Å². The molecule has 21 heavy (non-hydrogen) atoms. The largest absolute Gasteiger partial charge is 0.497 e. The van der Waals surface area contributed by atoms with Crippen LogP contribution >= 0.6 is 0 Å². The molecule has 0 saturated carbocycles. The molecular weight excluding hydrogens is 262 g/mol. The van der Waals surface area contributed by atoms with Crippen LogP contribution in [-0.4, -0.2) is 16.9 Å². The Bertz CT molecular complexity index is 760. The van der Waals surface area contributed by atoms with E-state index in [1.54, 1.807) is 11.8 Å². The van der Waals surface area contributed by atoms with Crippen LogP contribution < -0.4 is 10.5 Å². The summed E-state index contributed by atoms with van der Waals surface area (Å²) < 4.78 is 6.90. The van der Waals surface area contributed by atoms with E-state index in [-0.39, 0.29) is 0 Å². The molecule has 0 unspecified atom stereocenters. The molecule has 0 bridgehead atoms. The Kier molecular flexibility index (Phi) is 3.36. The summed E-state index contributed by atoms with van der Waals surface area (Å²) >= 11 is 0. The molecule has 0 fully saturated rings. The van der Waals surface area contributed by atoms with Crippen molar-refractivity contribution in [3.8, 4) is 22.7 Å². The van der Waals surface area contributed by atoms with Crippen molar-refractivity contribution in [1.29, 1.82) is 0 Å². The molecule has 0 saturated heterocycles. The van der Waals surface area contributed by atoms with Gasteiger partial charge in [-0.05, 0) is 36.8 Å². The van der Waals surface area contributed by atoms with Gasteiger partial charge in [-0.2, -0.15) is 5.10 Å². The van der Waals surface area contributed by atoms with E-state index in [1.165, 1.54) is 5.56 Å². The molecule has 0 atom stereocenters. The summed E-state index contributed by atoms with van der Waals surface area (Å²) in [5, 5.41) is 4.62. The third kappa shape index (κ3) is 2.48. The Morgan fingerprint density at radius 2 is 1.76 bits per heavy atom. The lowest BCUT2D eigenvalue weighted by molar-refractivity contribution is 0.414. The summed E-state index contributed by atoms with van der Waals surface area (Å²) in [5.41, 5.74) is 10.2. The molecule has 2 N–H and O–H groups in total. The van der Waals surface area contributed by atoms with E-state index in [0.717, 1.165) is 22.7 Å². The zero-order chi connectivity index (χ0) is 14.8. The molecule has 2 aromatic carbocycles. The number of ether oxygens (including phenoxy) is 1. The fourth-order valence-electron chi connectivity index (χ4n) is 2.32. The number of hydrogen-bond acceptors (Lipinski definition) is 3. The predicted octanol–water partition coefficient (Wildman–Crippen LogP) is 3.44. The molecule has 3 aromatic rings. The Balaban J connectivity index is 2.03. The highest BCUT2D eigenvalue weighted by Crippen LogP contribution is 2.26. The van der Waals surface area contributed by atoms with Gasteiger partial charge in [0.1, 0.15) is 11.6 Å². The van der Waals surface area contributed by atoms with Crippen molar-refractivity contribution >= 4 is 5.82 Å². The highest BCUT2D eigenvalue weighted by molar-refractivity contribution is 5.66. The maximum absolute atomic E-state index is 6.10. The summed E-state index contributed by atoms with van der Waals surface area (Å²) in [4.78, 5) is 0. The number of nitrogen functional groups attached to an aromatic ring is 1. The monoisotopic (exact) mass is 279 g/mol. The number of nitrogens with two attached hydrogens (primary N) is 1. The van der Waals surface area contributed by atoms with Gasteiger partial charge in [0, 0.05) is 11.6 Å². The molecule has 0 aliphatic carbocycles. The van der Waals surface area contributed by atoms with Gasteiger partial charge >= 0.3 is 0 Å². The van der Waals surface area contributed by atoms with E-state index in [4.69, 9.17) is 10.5 Å². The lowest BCUT2D eigenvalue weighted by Crippen LogP contribution is -2.01. The standard InChI is InChI=1S/C17H17N3O/c1-12-5-3-4-6-15(12)16-11-17(18)20(19-16)13-7-9-14(21-2)10-8-13/h3-11H,18H2,1-2H3. The average Bonchev–Trinajstić information content (AvgIpc) is 2.89. The van der Waals surface area contributed by atoms with Gasteiger partial charge < -0.3 is 10.5 Å². The van der Waals surface area contributed by atoms with Gasteiger partial charge in [0.2, 0.25) is 0 Å². The van der Waals surface area contributed by atoms with E-state index < -0.39 is 0 Å². The molecule has 0 spiro atoms. The van der Waals surface area contributed by atoms with Crippen LogP contribution in [0, 0.1) is 6.92 Å². The quantitative estimate of drug-likeness (QED) is 0.799. The second kappa shape index (κ2) is 5.32. The lowest BCUT2D eigenvalue weighted by atomic mass is 10.1. The van der Waals surface area contributed by atoms with Crippen molar-refractivity contribution in [1.82, 2.24) is 9.78 Å². The van der Waals surface area contributed by atoms with Crippen molar-refractivity contribution in [3.05, 3.63) is 60.2 Å². The van der Waals surface area contributed by atoms with Crippen LogP contribution in [0.2, 0.25) is 0 Å². The topological polar surface area (TPSA) is 53.1 Å². The Morgan fingerprint density at radius 1 is 1.05 bits per heavy atom. The number of benzene rings is 2. The third-order valence-electron chi connectivity index (χ3n) is 3.47. The first-order valence-electron chi connectivity index (χ1n) is 6.75. The molecule has 4 nitrogen and oxygen atoms in total. The summed E-state index contributed by atoms with van der Waals surface area (Å²) in [6.07, 6.45) is 0. The van der Waals surface area contributed by atoms with E-state index in [2.05, 4.69) is 24.2 Å². The second-order valence-electron chi connectivity index (χ2n) is 4.88. The molecule has 0 aliphatic heterocycles. The first-order chi connectivity index (χ1) is 10.2. The highest BCUT2D eigenvalue weighted by Gasteiger charge is 2.10. The van der Waals surface area contributed by atoms with Crippen molar-refractivity contribution in [2.75, 3.05) is 12.8 Å².